The number of hydrogen-bond acceptors (Lipinski definition) is 3. The smallest absolute Gasteiger partial charge is 0.241 e. The highest BCUT2D eigenvalue weighted by atomic mass is 35.5. The molecule has 112 valence electrons. The van der Waals surface area contributed by atoms with Crippen molar-refractivity contribution in [3.05, 3.63) is 58.9 Å². The molecule has 2 aromatic carbocycles. The predicted octanol–water partition coefficient (Wildman–Crippen LogP) is 3.10. The first-order valence-corrected chi connectivity index (χ1v) is 7.98. The second kappa shape index (κ2) is 6.01. The Morgan fingerprint density at radius 2 is 1.95 bits per heavy atom. The third kappa shape index (κ3) is 3.72. The molecule has 3 N–H and O–H groups in total. The van der Waals surface area contributed by atoms with Gasteiger partial charge in [-0.3, -0.25) is 0 Å². The van der Waals surface area contributed by atoms with Crippen molar-refractivity contribution in [1.29, 1.82) is 0 Å². The van der Waals surface area contributed by atoms with Gasteiger partial charge in [0.25, 0.3) is 0 Å². The van der Waals surface area contributed by atoms with E-state index in [4.69, 9.17) is 17.3 Å². The Balaban J connectivity index is 2.26. The Morgan fingerprint density at radius 3 is 2.57 bits per heavy atom. The van der Waals surface area contributed by atoms with Crippen molar-refractivity contribution < 1.29 is 12.8 Å². The van der Waals surface area contributed by atoms with Gasteiger partial charge in [-0.1, -0.05) is 23.7 Å². The molecule has 0 radical (unpaired) electrons. The van der Waals surface area contributed by atoms with Gasteiger partial charge in [-0.15, -0.1) is 0 Å². The Labute approximate surface area is 127 Å². The molecular weight excluding hydrogens is 315 g/mol. The summed E-state index contributed by atoms with van der Waals surface area (Å²) in [6.07, 6.45) is 0. The Hall–Kier alpha value is -1.63. The molecule has 21 heavy (non-hydrogen) atoms. The molecule has 0 aromatic heterocycles. The molecule has 0 aliphatic rings. The van der Waals surface area contributed by atoms with Crippen molar-refractivity contribution >= 4 is 27.3 Å². The Kier molecular flexibility index (Phi) is 4.51. The predicted molar refractivity (Wildman–Crippen MR) is 81.0 cm³/mol. The van der Waals surface area contributed by atoms with Crippen molar-refractivity contribution in [3.63, 3.8) is 0 Å². The topological polar surface area (TPSA) is 72.2 Å². The maximum absolute atomic E-state index is 13.4. The molecule has 0 aliphatic heterocycles. The SMILES string of the molecule is CC(NS(=O)(=O)c1ccc(N)c(F)c1)c1cccc(Cl)c1. The first-order valence-electron chi connectivity index (χ1n) is 6.12. The van der Waals surface area contributed by atoms with E-state index in [2.05, 4.69) is 4.72 Å². The van der Waals surface area contributed by atoms with Gasteiger partial charge in [0.2, 0.25) is 10.0 Å². The van der Waals surface area contributed by atoms with Crippen LogP contribution in [0.3, 0.4) is 0 Å². The molecule has 0 fully saturated rings. The van der Waals surface area contributed by atoms with Crippen LogP contribution in [0.15, 0.2) is 47.4 Å². The van der Waals surface area contributed by atoms with Crippen LogP contribution in [0.2, 0.25) is 5.02 Å². The van der Waals surface area contributed by atoms with E-state index < -0.39 is 21.9 Å². The summed E-state index contributed by atoms with van der Waals surface area (Å²) in [5, 5.41) is 0.511. The van der Waals surface area contributed by atoms with E-state index in [-0.39, 0.29) is 10.6 Å². The minimum Gasteiger partial charge on any atom is -0.396 e. The fourth-order valence-corrected chi connectivity index (χ4v) is 3.26. The average Bonchev–Trinajstić information content (AvgIpc) is 2.41. The molecule has 7 heteroatoms. The fourth-order valence-electron chi connectivity index (χ4n) is 1.82. The van der Waals surface area contributed by atoms with Crippen LogP contribution in [0.5, 0.6) is 0 Å². The number of sulfonamides is 1. The molecule has 1 unspecified atom stereocenters. The Bertz CT molecular complexity index is 765. The van der Waals surface area contributed by atoms with E-state index in [1.807, 2.05) is 0 Å². The number of nitrogen functional groups attached to an aromatic ring is 1. The third-order valence-electron chi connectivity index (χ3n) is 2.96. The number of rotatable bonds is 4. The summed E-state index contributed by atoms with van der Waals surface area (Å²) < 4.78 is 40.3. The summed E-state index contributed by atoms with van der Waals surface area (Å²) >= 11 is 5.87. The van der Waals surface area contributed by atoms with Crippen molar-refractivity contribution in [3.8, 4) is 0 Å². The quantitative estimate of drug-likeness (QED) is 0.847. The van der Waals surface area contributed by atoms with Gasteiger partial charge in [-0.2, -0.15) is 0 Å². The van der Waals surface area contributed by atoms with Crippen LogP contribution in [0.25, 0.3) is 0 Å². The van der Waals surface area contributed by atoms with Gasteiger partial charge in [-0.05, 0) is 42.8 Å². The van der Waals surface area contributed by atoms with Crippen LogP contribution in [0, 0.1) is 5.82 Å². The van der Waals surface area contributed by atoms with Gasteiger partial charge in [0.1, 0.15) is 5.82 Å². The van der Waals surface area contributed by atoms with Gasteiger partial charge >= 0.3 is 0 Å². The molecule has 4 nitrogen and oxygen atoms in total. The summed E-state index contributed by atoms with van der Waals surface area (Å²) in [5.41, 5.74) is 5.95. The molecule has 0 aliphatic carbocycles. The van der Waals surface area contributed by atoms with E-state index in [0.29, 0.717) is 10.6 Å². The lowest BCUT2D eigenvalue weighted by molar-refractivity contribution is 0.564. The van der Waals surface area contributed by atoms with E-state index in [1.165, 1.54) is 12.1 Å². The number of halogens is 2. The molecule has 0 heterocycles. The maximum Gasteiger partial charge on any atom is 0.241 e. The van der Waals surface area contributed by atoms with Crippen molar-refractivity contribution in [2.24, 2.45) is 0 Å². The van der Waals surface area contributed by atoms with Crippen molar-refractivity contribution in [1.82, 2.24) is 4.72 Å². The first-order chi connectivity index (χ1) is 9.79. The van der Waals surface area contributed by atoms with Crippen LogP contribution in [0.4, 0.5) is 10.1 Å². The lowest BCUT2D eigenvalue weighted by Crippen LogP contribution is -2.27. The van der Waals surface area contributed by atoms with E-state index in [9.17, 15) is 12.8 Å². The summed E-state index contributed by atoms with van der Waals surface area (Å²) in [6, 6.07) is 9.70. The van der Waals surface area contributed by atoms with Gasteiger partial charge in [-0.25, -0.2) is 17.5 Å². The van der Waals surface area contributed by atoms with Crippen LogP contribution in [-0.2, 0) is 10.0 Å². The molecule has 0 saturated heterocycles. The zero-order chi connectivity index (χ0) is 15.6. The fraction of sp³-hybridized carbons (Fsp3) is 0.143. The summed E-state index contributed by atoms with van der Waals surface area (Å²) in [4.78, 5) is -0.178. The minimum atomic E-state index is -3.85. The van der Waals surface area contributed by atoms with Crippen LogP contribution < -0.4 is 10.5 Å². The van der Waals surface area contributed by atoms with E-state index in [0.717, 1.165) is 6.07 Å². The van der Waals surface area contributed by atoms with Crippen LogP contribution in [0.1, 0.15) is 18.5 Å². The summed E-state index contributed by atoms with van der Waals surface area (Å²) in [6.45, 7) is 1.68. The number of hydrogen-bond donors (Lipinski definition) is 2. The average molecular weight is 329 g/mol. The summed E-state index contributed by atoms with van der Waals surface area (Å²) in [7, 11) is -3.85. The number of benzene rings is 2. The maximum atomic E-state index is 13.4. The van der Waals surface area contributed by atoms with Crippen LogP contribution >= 0.6 is 11.6 Å². The van der Waals surface area contributed by atoms with Gasteiger partial charge in [0, 0.05) is 11.1 Å². The molecule has 2 aromatic rings. The third-order valence-corrected chi connectivity index (χ3v) is 4.74. The molecule has 1 atom stereocenters. The molecule has 2 rings (SSSR count). The highest BCUT2D eigenvalue weighted by Gasteiger charge is 2.19. The van der Waals surface area contributed by atoms with Crippen LogP contribution in [-0.4, -0.2) is 8.42 Å². The molecular formula is C14H14ClFN2O2S. The molecule has 0 spiro atoms. The number of nitrogens with one attached hydrogen (secondary N) is 1. The molecule has 0 bridgehead atoms. The first kappa shape index (κ1) is 15.8. The zero-order valence-electron chi connectivity index (χ0n) is 11.2. The highest BCUT2D eigenvalue weighted by Crippen LogP contribution is 2.21. The van der Waals surface area contributed by atoms with E-state index in [1.54, 1.807) is 31.2 Å². The second-order valence-corrected chi connectivity index (χ2v) is 6.73. The van der Waals surface area contributed by atoms with Crippen molar-refractivity contribution in [2.45, 2.75) is 17.9 Å². The second-order valence-electron chi connectivity index (χ2n) is 4.58. The standard InChI is InChI=1S/C14H14ClFN2O2S/c1-9(10-3-2-4-11(15)7-10)18-21(19,20)12-5-6-14(17)13(16)8-12/h2-9,18H,17H2,1H3. The number of anilines is 1. The van der Waals surface area contributed by atoms with Crippen molar-refractivity contribution in [2.75, 3.05) is 5.73 Å². The minimum absolute atomic E-state index is 0.100. The lowest BCUT2D eigenvalue weighted by Gasteiger charge is -2.15. The van der Waals surface area contributed by atoms with Gasteiger partial charge in [0.15, 0.2) is 0 Å². The summed E-state index contributed by atoms with van der Waals surface area (Å²) in [5.74, 6) is -0.770. The normalized spacial score (nSPS) is 13.1. The zero-order valence-corrected chi connectivity index (χ0v) is 12.7. The lowest BCUT2D eigenvalue weighted by atomic mass is 10.1. The Morgan fingerprint density at radius 1 is 1.24 bits per heavy atom. The largest absolute Gasteiger partial charge is 0.396 e. The van der Waals surface area contributed by atoms with Gasteiger partial charge < -0.3 is 5.73 Å². The highest BCUT2D eigenvalue weighted by molar-refractivity contribution is 7.89. The molecule has 0 amide bonds. The van der Waals surface area contributed by atoms with Gasteiger partial charge in [0.05, 0.1) is 10.6 Å². The van der Waals surface area contributed by atoms with E-state index >= 15 is 0 Å². The monoisotopic (exact) mass is 328 g/mol. The molecule has 0 saturated carbocycles. The number of nitrogens with two attached hydrogens (primary N) is 1.